The Hall–Kier alpha value is -2.49. The van der Waals surface area contributed by atoms with Gasteiger partial charge in [0.15, 0.2) is 6.61 Å². The molecule has 2 rings (SSSR count). The molecule has 1 amide bonds. The summed E-state index contributed by atoms with van der Waals surface area (Å²) in [6.07, 6.45) is 0.937. The average molecular weight is 327 g/mol. The number of hydrogen-bond acceptors (Lipinski definition) is 3. The highest BCUT2D eigenvalue weighted by Crippen LogP contribution is 2.18. The van der Waals surface area contributed by atoms with Crippen molar-refractivity contribution in [2.24, 2.45) is 5.92 Å². The van der Waals surface area contributed by atoms with Crippen LogP contribution < -0.4 is 14.8 Å². The molecule has 0 heterocycles. The molecule has 0 aromatic heterocycles. The standard InChI is InChI=1S/C20H25NO3/c1-4-16-7-5-9-18(11-16)24-14-20(22)21-17-8-6-10-19(12-17)23-13-15(2)3/h5-12,15H,4,13-14H2,1-3H3,(H,21,22). The number of carbonyl (C=O) groups excluding carboxylic acids is 1. The minimum Gasteiger partial charge on any atom is -0.493 e. The zero-order valence-corrected chi connectivity index (χ0v) is 14.5. The lowest BCUT2D eigenvalue weighted by atomic mass is 10.2. The zero-order chi connectivity index (χ0) is 17.4. The Labute approximate surface area is 143 Å². The molecule has 0 saturated heterocycles. The van der Waals surface area contributed by atoms with Gasteiger partial charge < -0.3 is 14.8 Å². The third-order valence-corrected chi connectivity index (χ3v) is 3.38. The Morgan fingerprint density at radius 3 is 2.46 bits per heavy atom. The predicted octanol–water partition coefficient (Wildman–Crippen LogP) is 4.30. The number of carbonyl (C=O) groups is 1. The minimum absolute atomic E-state index is 0.0236. The Morgan fingerprint density at radius 1 is 1.04 bits per heavy atom. The Kier molecular flexibility index (Phi) is 6.67. The lowest BCUT2D eigenvalue weighted by Gasteiger charge is -2.11. The third kappa shape index (κ3) is 5.95. The van der Waals surface area contributed by atoms with E-state index in [0.717, 1.165) is 12.2 Å². The lowest BCUT2D eigenvalue weighted by Crippen LogP contribution is -2.20. The molecule has 0 fully saturated rings. The van der Waals surface area contributed by atoms with Crippen LogP contribution in [-0.4, -0.2) is 19.1 Å². The quantitative estimate of drug-likeness (QED) is 0.786. The van der Waals surface area contributed by atoms with Gasteiger partial charge in [0.2, 0.25) is 0 Å². The number of ether oxygens (including phenoxy) is 2. The fourth-order valence-corrected chi connectivity index (χ4v) is 2.13. The first kappa shape index (κ1) is 17.9. The number of benzene rings is 2. The lowest BCUT2D eigenvalue weighted by molar-refractivity contribution is -0.118. The van der Waals surface area contributed by atoms with Crippen LogP contribution in [0.2, 0.25) is 0 Å². The summed E-state index contributed by atoms with van der Waals surface area (Å²) >= 11 is 0. The van der Waals surface area contributed by atoms with Crippen LogP contribution in [0.25, 0.3) is 0 Å². The van der Waals surface area contributed by atoms with E-state index >= 15 is 0 Å². The van der Waals surface area contributed by atoms with E-state index in [1.54, 1.807) is 0 Å². The van der Waals surface area contributed by atoms with Gasteiger partial charge in [0, 0.05) is 11.8 Å². The number of nitrogens with one attached hydrogen (secondary N) is 1. The van der Waals surface area contributed by atoms with Crippen molar-refractivity contribution < 1.29 is 14.3 Å². The van der Waals surface area contributed by atoms with Crippen molar-refractivity contribution in [3.8, 4) is 11.5 Å². The SMILES string of the molecule is CCc1cccc(OCC(=O)Nc2cccc(OCC(C)C)c2)c1. The van der Waals surface area contributed by atoms with Gasteiger partial charge in [0.1, 0.15) is 11.5 Å². The van der Waals surface area contributed by atoms with E-state index in [2.05, 4.69) is 26.1 Å². The maximum atomic E-state index is 12.0. The smallest absolute Gasteiger partial charge is 0.262 e. The van der Waals surface area contributed by atoms with Crippen molar-refractivity contribution in [1.29, 1.82) is 0 Å². The second kappa shape index (κ2) is 8.96. The summed E-state index contributed by atoms with van der Waals surface area (Å²) in [6.45, 7) is 6.89. The van der Waals surface area contributed by atoms with Crippen LogP contribution in [0.15, 0.2) is 48.5 Å². The molecule has 2 aromatic rings. The molecule has 0 aliphatic rings. The van der Waals surface area contributed by atoms with Crippen molar-refractivity contribution in [2.45, 2.75) is 27.2 Å². The molecule has 0 bridgehead atoms. The van der Waals surface area contributed by atoms with E-state index in [0.29, 0.717) is 24.0 Å². The first-order valence-corrected chi connectivity index (χ1v) is 8.31. The molecule has 0 radical (unpaired) electrons. The number of amides is 1. The molecule has 1 N–H and O–H groups in total. The van der Waals surface area contributed by atoms with Crippen molar-refractivity contribution in [3.63, 3.8) is 0 Å². The van der Waals surface area contributed by atoms with E-state index in [-0.39, 0.29) is 12.5 Å². The highest BCUT2D eigenvalue weighted by molar-refractivity contribution is 5.92. The molecule has 0 spiro atoms. The van der Waals surface area contributed by atoms with Crippen LogP contribution in [0, 0.1) is 5.92 Å². The van der Waals surface area contributed by atoms with Crippen LogP contribution in [0.5, 0.6) is 11.5 Å². The first-order chi connectivity index (χ1) is 11.6. The Bertz CT molecular complexity index is 667. The number of anilines is 1. The topological polar surface area (TPSA) is 47.6 Å². The van der Waals surface area contributed by atoms with Crippen molar-refractivity contribution in [1.82, 2.24) is 0 Å². The van der Waals surface area contributed by atoms with Gasteiger partial charge in [-0.2, -0.15) is 0 Å². The summed E-state index contributed by atoms with van der Waals surface area (Å²) in [6, 6.07) is 15.2. The van der Waals surface area contributed by atoms with E-state index in [4.69, 9.17) is 9.47 Å². The summed E-state index contributed by atoms with van der Waals surface area (Å²) in [5, 5.41) is 2.82. The van der Waals surface area contributed by atoms with Gasteiger partial charge in [-0.05, 0) is 42.2 Å². The maximum Gasteiger partial charge on any atom is 0.262 e. The molecule has 4 heteroatoms. The fourth-order valence-electron chi connectivity index (χ4n) is 2.13. The predicted molar refractivity (Wildman–Crippen MR) is 96.7 cm³/mol. The van der Waals surface area contributed by atoms with Crippen LogP contribution in [0.3, 0.4) is 0 Å². The number of aryl methyl sites for hydroxylation is 1. The number of hydrogen-bond donors (Lipinski definition) is 1. The van der Waals surface area contributed by atoms with E-state index in [1.807, 2.05) is 48.5 Å². The molecule has 4 nitrogen and oxygen atoms in total. The van der Waals surface area contributed by atoms with Crippen LogP contribution in [0.1, 0.15) is 26.3 Å². The highest BCUT2D eigenvalue weighted by Gasteiger charge is 2.06. The summed E-state index contributed by atoms with van der Waals surface area (Å²) in [7, 11) is 0. The second-order valence-electron chi connectivity index (χ2n) is 6.07. The second-order valence-corrected chi connectivity index (χ2v) is 6.07. The zero-order valence-electron chi connectivity index (χ0n) is 14.5. The van der Waals surface area contributed by atoms with Crippen molar-refractivity contribution >= 4 is 11.6 Å². The molecule has 0 unspecified atom stereocenters. The van der Waals surface area contributed by atoms with Gasteiger partial charge >= 0.3 is 0 Å². The monoisotopic (exact) mass is 327 g/mol. The average Bonchev–Trinajstić information content (AvgIpc) is 2.59. The van der Waals surface area contributed by atoms with Crippen LogP contribution >= 0.6 is 0 Å². The molecule has 0 aliphatic carbocycles. The van der Waals surface area contributed by atoms with Crippen LogP contribution in [0.4, 0.5) is 5.69 Å². The molecule has 2 aromatic carbocycles. The van der Waals surface area contributed by atoms with Crippen LogP contribution in [-0.2, 0) is 11.2 Å². The van der Waals surface area contributed by atoms with Gasteiger partial charge in [-0.15, -0.1) is 0 Å². The molecular weight excluding hydrogens is 302 g/mol. The fraction of sp³-hybridized carbons (Fsp3) is 0.350. The molecule has 0 saturated carbocycles. The van der Waals surface area contributed by atoms with Gasteiger partial charge in [-0.3, -0.25) is 4.79 Å². The summed E-state index contributed by atoms with van der Waals surface area (Å²) in [4.78, 5) is 12.0. The van der Waals surface area contributed by atoms with E-state index < -0.39 is 0 Å². The molecule has 0 atom stereocenters. The summed E-state index contributed by atoms with van der Waals surface area (Å²) in [5.74, 6) is 1.71. The Balaban J connectivity index is 1.86. The molecule has 24 heavy (non-hydrogen) atoms. The molecular formula is C20H25NO3. The summed E-state index contributed by atoms with van der Waals surface area (Å²) < 4.78 is 11.2. The van der Waals surface area contributed by atoms with Gasteiger partial charge in [0.25, 0.3) is 5.91 Å². The highest BCUT2D eigenvalue weighted by atomic mass is 16.5. The summed E-state index contributed by atoms with van der Waals surface area (Å²) in [5.41, 5.74) is 1.88. The van der Waals surface area contributed by atoms with Gasteiger partial charge in [-0.25, -0.2) is 0 Å². The maximum absolute atomic E-state index is 12.0. The van der Waals surface area contributed by atoms with E-state index in [1.165, 1.54) is 5.56 Å². The van der Waals surface area contributed by atoms with Crippen molar-refractivity contribution in [3.05, 3.63) is 54.1 Å². The van der Waals surface area contributed by atoms with Gasteiger partial charge in [-0.1, -0.05) is 39.0 Å². The minimum atomic E-state index is -0.196. The number of rotatable bonds is 8. The van der Waals surface area contributed by atoms with E-state index in [9.17, 15) is 4.79 Å². The third-order valence-electron chi connectivity index (χ3n) is 3.38. The normalized spacial score (nSPS) is 10.5. The molecule has 128 valence electrons. The van der Waals surface area contributed by atoms with Gasteiger partial charge in [0.05, 0.1) is 6.61 Å². The first-order valence-electron chi connectivity index (χ1n) is 8.31. The molecule has 0 aliphatic heterocycles. The largest absolute Gasteiger partial charge is 0.493 e. The Morgan fingerprint density at radius 2 is 1.75 bits per heavy atom. The van der Waals surface area contributed by atoms with Crippen molar-refractivity contribution in [2.75, 3.05) is 18.5 Å².